The highest BCUT2D eigenvalue weighted by atomic mass is 16.5. The van der Waals surface area contributed by atoms with Crippen LogP contribution in [0.5, 0.6) is 5.75 Å². The summed E-state index contributed by atoms with van der Waals surface area (Å²) >= 11 is 0. The molecule has 0 aliphatic rings. The third-order valence-corrected chi connectivity index (χ3v) is 2.90. The van der Waals surface area contributed by atoms with E-state index in [0.717, 1.165) is 24.2 Å². The molecule has 0 saturated heterocycles. The topological polar surface area (TPSA) is 59.0 Å². The van der Waals surface area contributed by atoms with Gasteiger partial charge in [-0.2, -0.15) is 5.26 Å². The number of nitriles is 1. The van der Waals surface area contributed by atoms with Crippen molar-refractivity contribution in [2.24, 2.45) is 11.1 Å². The first-order valence-electron chi connectivity index (χ1n) is 6.34. The van der Waals surface area contributed by atoms with Gasteiger partial charge in [-0.3, -0.25) is 0 Å². The third-order valence-electron chi connectivity index (χ3n) is 2.90. The summed E-state index contributed by atoms with van der Waals surface area (Å²) in [5, 5.41) is 8.90. The van der Waals surface area contributed by atoms with Crippen LogP contribution in [-0.4, -0.2) is 6.61 Å². The van der Waals surface area contributed by atoms with E-state index in [0.29, 0.717) is 6.61 Å². The molecule has 1 atom stereocenters. The monoisotopic (exact) mass is 246 g/mol. The maximum atomic E-state index is 8.90. The lowest BCUT2D eigenvalue weighted by Crippen LogP contribution is -2.10. The molecule has 1 aromatic carbocycles. The fourth-order valence-electron chi connectivity index (χ4n) is 1.65. The second-order valence-corrected chi connectivity index (χ2v) is 5.31. The van der Waals surface area contributed by atoms with Crippen LogP contribution < -0.4 is 10.5 Å². The third kappa shape index (κ3) is 4.77. The van der Waals surface area contributed by atoms with Crippen molar-refractivity contribution in [3.63, 3.8) is 0 Å². The molecule has 3 nitrogen and oxygen atoms in total. The van der Waals surface area contributed by atoms with Crippen LogP contribution in [0.1, 0.15) is 45.2 Å². The molecule has 98 valence electrons. The van der Waals surface area contributed by atoms with Gasteiger partial charge in [0.1, 0.15) is 5.75 Å². The van der Waals surface area contributed by atoms with Gasteiger partial charge in [-0.15, -0.1) is 0 Å². The Kier molecular flexibility index (Phi) is 5.18. The molecule has 18 heavy (non-hydrogen) atoms. The lowest BCUT2D eigenvalue weighted by Gasteiger charge is -2.15. The van der Waals surface area contributed by atoms with Gasteiger partial charge >= 0.3 is 0 Å². The van der Waals surface area contributed by atoms with E-state index in [2.05, 4.69) is 6.07 Å². The van der Waals surface area contributed by atoms with E-state index in [1.54, 1.807) is 0 Å². The molecule has 0 radical (unpaired) electrons. The quantitative estimate of drug-likeness (QED) is 0.782. The van der Waals surface area contributed by atoms with E-state index in [9.17, 15) is 0 Å². The Balaban J connectivity index is 2.41. The minimum absolute atomic E-state index is 0.0195. The van der Waals surface area contributed by atoms with Gasteiger partial charge in [-0.05, 0) is 51.3 Å². The molecule has 0 fully saturated rings. The summed E-state index contributed by atoms with van der Waals surface area (Å²) in [5.41, 5.74) is 6.63. The number of hydrogen-bond donors (Lipinski definition) is 1. The maximum absolute atomic E-state index is 8.90. The van der Waals surface area contributed by atoms with Gasteiger partial charge in [0.15, 0.2) is 0 Å². The Bertz CT molecular complexity index is 419. The molecule has 0 bridgehead atoms. The van der Waals surface area contributed by atoms with Gasteiger partial charge in [0.25, 0.3) is 0 Å². The zero-order valence-corrected chi connectivity index (χ0v) is 11.4. The molecular formula is C15H22N2O. The first-order chi connectivity index (χ1) is 8.44. The van der Waals surface area contributed by atoms with Gasteiger partial charge in [0.2, 0.25) is 0 Å². The average molecular weight is 246 g/mol. The van der Waals surface area contributed by atoms with Crippen LogP contribution in [0.15, 0.2) is 24.3 Å². The summed E-state index contributed by atoms with van der Waals surface area (Å²) in [5.74, 6) is 0.847. The van der Waals surface area contributed by atoms with Crippen molar-refractivity contribution in [2.75, 3.05) is 6.61 Å². The van der Waals surface area contributed by atoms with E-state index in [-0.39, 0.29) is 11.5 Å². The Labute approximate surface area is 110 Å². The van der Waals surface area contributed by atoms with Crippen molar-refractivity contribution in [1.82, 2.24) is 0 Å². The molecule has 0 spiro atoms. The van der Waals surface area contributed by atoms with Crippen molar-refractivity contribution < 1.29 is 4.74 Å². The lowest BCUT2D eigenvalue weighted by molar-refractivity contribution is 0.284. The molecule has 0 aliphatic heterocycles. The number of ether oxygens (including phenoxy) is 1. The van der Waals surface area contributed by atoms with Gasteiger partial charge < -0.3 is 10.5 Å². The fraction of sp³-hybridized carbons (Fsp3) is 0.533. The van der Waals surface area contributed by atoms with Crippen LogP contribution >= 0.6 is 0 Å². The largest absolute Gasteiger partial charge is 0.494 e. The highest BCUT2D eigenvalue weighted by molar-refractivity contribution is 5.30. The van der Waals surface area contributed by atoms with Crippen LogP contribution in [0, 0.1) is 16.7 Å². The van der Waals surface area contributed by atoms with Crippen LogP contribution in [0.4, 0.5) is 0 Å². The van der Waals surface area contributed by atoms with Gasteiger partial charge in [-0.25, -0.2) is 0 Å². The summed E-state index contributed by atoms with van der Waals surface area (Å²) in [6.45, 7) is 6.48. The van der Waals surface area contributed by atoms with Gasteiger partial charge in [0, 0.05) is 6.04 Å². The summed E-state index contributed by atoms with van der Waals surface area (Å²) in [4.78, 5) is 0. The molecular weight excluding hydrogens is 224 g/mol. The van der Waals surface area contributed by atoms with E-state index in [4.69, 9.17) is 15.7 Å². The number of nitrogens with two attached hydrogens (primary N) is 1. The SMILES string of the molecule is CC(N)c1cccc(OCCCC(C)(C)C#N)c1. The summed E-state index contributed by atoms with van der Waals surface area (Å²) < 4.78 is 5.67. The molecule has 0 aliphatic carbocycles. The molecule has 1 rings (SSSR count). The summed E-state index contributed by atoms with van der Waals surface area (Å²) in [6.07, 6.45) is 1.72. The molecule has 0 heterocycles. The molecule has 1 unspecified atom stereocenters. The van der Waals surface area contributed by atoms with E-state index in [1.165, 1.54) is 0 Å². The number of benzene rings is 1. The number of rotatable bonds is 6. The average Bonchev–Trinajstić information content (AvgIpc) is 2.35. The van der Waals surface area contributed by atoms with E-state index < -0.39 is 0 Å². The van der Waals surface area contributed by atoms with Crippen molar-refractivity contribution in [1.29, 1.82) is 5.26 Å². The van der Waals surface area contributed by atoms with Crippen LogP contribution in [-0.2, 0) is 0 Å². The summed E-state index contributed by atoms with van der Waals surface area (Å²) in [7, 11) is 0. The van der Waals surface area contributed by atoms with Gasteiger partial charge in [0.05, 0.1) is 18.1 Å². The fourth-order valence-corrected chi connectivity index (χ4v) is 1.65. The Morgan fingerprint density at radius 2 is 2.17 bits per heavy atom. The summed E-state index contributed by atoms with van der Waals surface area (Å²) in [6, 6.07) is 10.2. The van der Waals surface area contributed by atoms with Crippen LogP contribution in [0.2, 0.25) is 0 Å². The molecule has 2 N–H and O–H groups in total. The van der Waals surface area contributed by atoms with Crippen molar-refractivity contribution >= 4 is 0 Å². The Morgan fingerprint density at radius 1 is 1.44 bits per heavy atom. The molecule has 3 heteroatoms. The number of nitrogens with zero attached hydrogens (tertiary/aromatic N) is 1. The lowest BCUT2D eigenvalue weighted by atomic mass is 9.90. The van der Waals surface area contributed by atoms with Crippen molar-refractivity contribution in [2.45, 2.75) is 39.7 Å². The first-order valence-corrected chi connectivity index (χ1v) is 6.34. The minimum atomic E-state index is -0.267. The van der Waals surface area contributed by atoms with E-state index >= 15 is 0 Å². The minimum Gasteiger partial charge on any atom is -0.494 e. The Hall–Kier alpha value is -1.53. The second-order valence-electron chi connectivity index (χ2n) is 5.31. The normalized spacial score (nSPS) is 12.8. The predicted octanol–water partition coefficient (Wildman–Crippen LogP) is 3.42. The maximum Gasteiger partial charge on any atom is 0.119 e. The second kappa shape index (κ2) is 6.42. The standard InChI is InChI=1S/C15H22N2O/c1-12(17)13-6-4-7-14(10-13)18-9-5-8-15(2,3)11-16/h4,6-7,10,12H,5,8-9,17H2,1-3H3. The van der Waals surface area contributed by atoms with Gasteiger partial charge in [-0.1, -0.05) is 12.1 Å². The van der Waals surface area contributed by atoms with Crippen LogP contribution in [0.3, 0.4) is 0 Å². The first kappa shape index (κ1) is 14.5. The highest BCUT2D eigenvalue weighted by Crippen LogP contribution is 2.22. The van der Waals surface area contributed by atoms with Crippen molar-refractivity contribution in [3.8, 4) is 11.8 Å². The highest BCUT2D eigenvalue weighted by Gasteiger charge is 2.15. The molecule has 0 aromatic heterocycles. The molecule has 0 saturated carbocycles. The van der Waals surface area contributed by atoms with Crippen molar-refractivity contribution in [3.05, 3.63) is 29.8 Å². The molecule has 0 amide bonds. The number of hydrogen-bond acceptors (Lipinski definition) is 3. The Morgan fingerprint density at radius 3 is 2.78 bits per heavy atom. The molecule has 1 aromatic rings. The van der Waals surface area contributed by atoms with E-state index in [1.807, 2.05) is 45.0 Å². The zero-order valence-electron chi connectivity index (χ0n) is 11.4. The zero-order chi connectivity index (χ0) is 13.6. The smallest absolute Gasteiger partial charge is 0.119 e. The predicted molar refractivity (Wildman–Crippen MR) is 73.2 cm³/mol. The van der Waals surface area contributed by atoms with Crippen LogP contribution in [0.25, 0.3) is 0 Å².